The van der Waals surface area contributed by atoms with E-state index in [-0.39, 0.29) is 6.04 Å². The lowest BCUT2D eigenvalue weighted by Crippen LogP contribution is -2.50. The van der Waals surface area contributed by atoms with E-state index in [1.54, 1.807) is 7.11 Å². The molecule has 24 heavy (non-hydrogen) atoms. The molecular formula is C20H26N2O2. The molecular weight excluding hydrogens is 300 g/mol. The molecule has 2 atom stereocenters. The molecule has 2 aromatic rings. The molecule has 3 rings (SSSR count). The zero-order valence-corrected chi connectivity index (χ0v) is 14.4. The highest BCUT2D eigenvalue weighted by Crippen LogP contribution is 2.21. The summed E-state index contributed by atoms with van der Waals surface area (Å²) in [5.74, 6) is 0.896. The van der Waals surface area contributed by atoms with Gasteiger partial charge in [-0.1, -0.05) is 30.3 Å². The highest BCUT2D eigenvalue weighted by atomic mass is 16.5. The molecule has 0 saturated carbocycles. The summed E-state index contributed by atoms with van der Waals surface area (Å²) in [5.41, 5.74) is 2.50. The Bertz CT molecular complexity index is 633. The van der Waals surface area contributed by atoms with Crippen LogP contribution in [0.5, 0.6) is 5.75 Å². The zero-order valence-electron chi connectivity index (χ0n) is 14.4. The lowest BCUT2D eigenvalue weighted by atomic mass is 10.1. The van der Waals surface area contributed by atoms with Gasteiger partial charge < -0.3 is 19.7 Å². The molecule has 1 N–H and O–H groups in total. The predicted octanol–water partition coefficient (Wildman–Crippen LogP) is 3.25. The third-order valence-electron chi connectivity index (χ3n) is 4.57. The van der Waals surface area contributed by atoms with Crippen molar-refractivity contribution in [1.82, 2.24) is 5.32 Å². The van der Waals surface area contributed by atoms with Gasteiger partial charge in [-0.15, -0.1) is 0 Å². The molecule has 4 nitrogen and oxygen atoms in total. The second-order valence-corrected chi connectivity index (χ2v) is 6.16. The largest absolute Gasteiger partial charge is 0.497 e. The first kappa shape index (κ1) is 16.8. The monoisotopic (exact) mass is 326 g/mol. The summed E-state index contributed by atoms with van der Waals surface area (Å²) in [7, 11) is 1.70. The summed E-state index contributed by atoms with van der Waals surface area (Å²) < 4.78 is 11.0. The standard InChI is InChI=1S/C20H26N2O2/c1-16(17-7-6-10-20(13-17)23-2)21-14-19-15-24-12-11-22(19)18-8-4-3-5-9-18/h3-10,13,16,19,21H,11-12,14-15H2,1-2H3/t16-,19?/m1/s1. The van der Waals surface area contributed by atoms with E-state index in [1.165, 1.54) is 11.3 Å². The number of para-hydroxylation sites is 1. The number of ether oxygens (including phenoxy) is 2. The Hall–Kier alpha value is -2.04. The van der Waals surface area contributed by atoms with Gasteiger partial charge in [0.15, 0.2) is 0 Å². The Balaban J connectivity index is 1.63. The number of hydrogen-bond donors (Lipinski definition) is 1. The van der Waals surface area contributed by atoms with Crippen LogP contribution in [0.2, 0.25) is 0 Å². The van der Waals surface area contributed by atoms with Crippen molar-refractivity contribution < 1.29 is 9.47 Å². The Labute approximate surface area is 144 Å². The normalized spacial score (nSPS) is 19.1. The van der Waals surface area contributed by atoms with Gasteiger partial charge in [-0.2, -0.15) is 0 Å². The summed E-state index contributed by atoms with van der Waals surface area (Å²) in [6.07, 6.45) is 0. The highest BCUT2D eigenvalue weighted by molar-refractivity contribution is 5.47. The smallest absolute Gasteiger partial charge is 0.119 e. The molecule has 128 valence electrons. The first-order valence-corrected chi connectivity index (χ1v) is 8.54. The Morgan fingerprint density at radius 1 is 1.21 bits per heavy atom. The molecule has 0 amide bonds. The van der Waals surface area contributed by atoms with Gasteiger partial charge in [0.1, 0.15) is 5.75 Å². The highest BCUT2D eigenvalue weighted by Gasteiger charge is 2.23. The molecule has 0 aliphatic carbocycles. The van der Waals surface area contributed by atoms with Crippen LogP contribution < -0.4 is 15.0 Å². The number of morpholine rings is 1. The molecule has 1 saturated heterocycles. The molecule has 1 fully saturated rings. The van der Waals surface area contributed by atoms with E-state index < -0.39 is 0 Å². The van der Waals surface area contributed by atoms with Crippen LogP contribution >= 0.6 is 0 Å². The number of nitrogens with one attached hydrogen (secondary N) is 1. The summed E-state index contributed by atoms with van der Waals surface area (Å²) >= 11 is 0. The van der Waals surface area contributed by atoms with Crippen LogP contribution in [0.4, 0.5) is 5.69 Å². The average molecular weight is 326 g/mol. The van der Waals surface area contributed by atoms with Gasteiger partial charge in [0.05, 0.1) is 26.4 Å². The van der Waals surface area contributed by atoms with Crippen LogP contribution in [0.15, 0.2) is 54.6 Å². The fraction of sp³-hybridized carbons (Fsp3) is 0.400. The maximum absolute atomic E-state index is 5.71. The van der Waals surface area contributed by atoms with E-state index >= 15 is 0 Å². The van der Waals surface area contributed by atoms with E-state index in [4.69, 9.17) is 9.47 Å². The van der Waals surface area contributed by atoms with Crippen molar-refractivity contribution in [2.75, 3.05) is 38.3 Å². The molecule has 4 heteroatoms. The number of methoxy groups -OCH3 is 1. The number of hydrogen-bond acceptors (Lipinski definition) is 4. The van der Waals surface area contributed by atoms with E-state index in [2.05, 4.69) is 59.6 Å². The SMILES string of the molecule is COc1cccc([C@@H](C)NCC2COCCN2c2ccccc2)c1. The van der Waals surface area contributed by atoms with E-state index in [0.29, 0.717) is 6.04 Å². The maximum Gasteiger partial charge on any atom is 0.119 e. The molecule has 2 aromatic carbocycles. The predicted molar refractivity (Wildman–Crippen MR) is 97.8 cm³/mol. The van der Waals surface area contributed by atoms with Crippen LogP contribution in [-0.4, -0.2) is 39.5 Å². The summed E-state index contributed by atoms with van der Waals surface area (Å²) in [5, 5.41) is 3.64. The fourth-order valence-corrected chi connectivity index (χ4v) is 3.12. The van der Waals surface area contributed by atoms with Gasteiger partial charge >= 0.3 is 0 Å². The molecule has 0 radical (unpaired) electrons. The molecule has 1 unspecified atom stereocenters. The first-order valence-electron chi connectivity index (χ1n) is 8.54. The maximum atomic E-state index is 5.71. The van der Waals surface area contributed by atoms with Gasteiger partial charge in [0.25, 0.3) is 0 Å². The third kappa shape index (κ3) is 4.08. The topological polar surface area (TPSA) is 33.7 Å². The minimum absolute atomic E-state index is 0.264. The first-order chi connectivity index (χ1) is 11.8. The van der Waals surface area contributed by atoms with Crippen LogP contribution in [0, 0.1) is 0 Å². The second kappa shape index (κ2) is 8.18. The molecule has 1 aliphatic rings. The van der Waals surface area contributed by atoms with Gasteiger partial charge in [0, 0.05) is 24.8 Å². The number of rotatable bonds is 6. The van der Waals surface area contributed by atoms with Crippen molar-refractivity contribution in [3.8, 4) is 5.75 Å². The van der Waals surface area contributed by atoms with Gasteiger partial charge in [0.2, 0.25) is 0 Å². The summed E-state index contributed by atoms with van der Waals surface area (Å²) in [6.45, 7) is 5.55. The lowest BCUT2D eigenvalue weighted by Gasteiger charge is -2.38. The minimum Gasteiger partial charge on any atom is -0.497 e. The summed E-state index contributed by atoms with van der Waals surface area (Å²) in [4.78, 5) is 2.44. The molecule has 0 spiro atoms. The molecule has 1 aliphatic heterocycles. The molecule has 1 heterocycles. The lowest BCUT2D eigenvalue weighted by molar-refractivity contribution is 0.0930. The van der Waals surface area contributed by atoms with Crippen molar-refractivity contribution in [1.29, 1.82) is 0 Å². The van der Waals surface area contributed by atoms with Gasteiger partial charge in [-0.05, 0) is 36.8 Å². The quantitative estimate of drug-likeness (QED) is 0.883. The molecule has 0 bridgehead atoms. The minimum atomic E-state index is 0.264. The van der Waals surface area contributed by atoms with E-state index in [1.807, 2.05) is 12.1 Å². The number of benzene rings is 2. The van der Waals surface area contributed by atoms with Crippen molar-refractivity contribution in [3.63, 3.8) is 0 Å². The van der Waals surface area contributed by atoms with Crippen LogP contribution in [-0.2, 0) is 4.74 Å². The third-order valence-corrected chi connectivity index (χ3v) is 4.57. The Kier molecular flexibility index (Phi) is 5.72. The van der Waals surface area contributed by atoms with Crippen molar-refractivity contribution in [2.45, 2.75) is 19.0 Å². The summed E-state index contributed by atoms with van der Waals surface area (Å²) in [6, 6.07) is 19.4. The van der Waals surface area contributed by atoms with Crippen molar-refractivity contribution in [2.24, 2.45) is 0 Å². The molecule has 0 aromatic heterocycles. The van der Waals surface area contributed by atoms with E-state index in [9.17, 15) is 0 Å². The Morgan fingerprint density at radius 2 is 2.04 bits per heavy atom. The van der Waals surface area contributed by atoms with Crippen molar-refractivity contribution in [3.05, 3.63) is 60.2 Å². The van der Waals surface area contributed by atoms with Crippen LogP contribution in [0.3, 0.4) is 0 Å². The number of nitrogens with zero attached hydrogens (tertiary/aromatic N) is 1. The van der Waals surface area contributed by atoms with Gasteiger partial charge in [-0.25, -0.2) is 0 Å². The zero-order chi connectivity index (χ0) is 16.8. The average Bonchev–Trinajstić information content (AvgIpc) is 2.67. The van der Waals surface area contributed by atoms with Crippen molar-refractivity contribution >= 4 is 5.69 Å². The van der Waals surface area contributed by atoms with E-state index in [0.717, 1.165) is 32.1 Å². The van der Waals surface area contributed by atoms with Gasteiger partial charge in [-0.3, -0.25) is 0 Å². The number of anilines is 1. The Morgan fingerprint density at radius 3 is 2.83 bits per heavy atom. The fourth-order valence-electron chi connectivity index (χ4n) is 3.12. The van der Waals surface area contributed by atoms with Crippen LogP contribution in [0.25, 0.3) is 0 Å². The van der Waals surface area contributed by atoms with Crippen LogP contribution in [0.1, 0.15) is 18.5 Å². The second-order valence-electron chi connectivity index (χ2n) is 6.16.